The minimum atomic E-state index is -3.55. The number of carbonyl (C=O) groups is 1. The molecular formula is C19H20ClNO4S. The first-order valence-corrected chi connectivity index (χ1v) is 9.96. The van der Waals surface area contributed by atoms with E-state index in [-0.39, 0.29) is 17.4 Å². The highest BCUT2D eigenvalue weighted by molar-refractivity contribution is 7.89. The molecule has 1 N–H and O–H groups in total. The molecule has 0 amide bonds. The summed E-state index contributed by atoms with van der Waals surface area (Å²) in [7, 11) is -3.55. The van der Waals surface area contributed by atoms with Gasteiger partial charge in [0.1, 0.15) is 0 Å². The summed E-state index contributed by atoms with van der Waals surface area (Å²) in [6.07, 6.45) is 3.60. The molecular weight excluding hydrogens is 374 g/mol. The van der Waals surface area contributed by atoms with E-state index in [1.54, 1.807) is 25.1 Å². The number of esters is 1. The fourth-order valence-electron chi connectivity index (χ4n) is 2.18. The van der Waals surface area contributed by atoms with Crippen LogP contribution < -0.4 is 4.72 Å². The quantitative estimate of drug-likeness (QED) is 0.550. The fourth-order valence-corrected chi connectivity index (χ4v) is 3.33. The Morgan fingerprint density at radius 3 is 2.38 bits per heavy atom. The van der Waals surface area contributed by atoms with E-state index in [1.165, 1.54) is 18.2 Å². The molecule has 0 aliphatic rings. The van der Waals surface area contributed by atoms with E-state index in [4.69, 9.17) is 16.3 Å². The van der Waals surface area contributed by atoms with Crippen LogP contribution in [0.25, 0.3) is 6.08 Å². The molecule has 0 unspecified atom stereocenters. The van der Waals surface area contributed by atoms with E-state index in [0.29, 0.717) is 18.1 Å². The van der Waals surface area contributed by atoms with Gasteiger partial charge < -0.3 is 4.74 Å². The molecule has 138 valence electrons. The number of sulfonamides is 1. The van der Waals surface area contributed by atoms with Gasteiger partial charge in [-0.2, -0.15) is 0 Å². The van der Waals surface area contributed by atoms with E-state index in [0.717, 1.165) is 11.1 Å². The Labute approximate surface area is 158 Å². The molecule has 0 aromatic heterocycles. The van der Waals surface area contributed by atoms with Crippen LogP contribution >= 0.6 is 11.6 Å². The fraction of sp³-hybridized carbons (Fsp3) is 0.211. The van der Waals surface area contributed by atoms with Gasteiger partial charge in [0, 0.05) is 17.6 Å². The van der Waals surface area contributed by atoms with Gasteiger partial charge in [-0.25, -0.2) is 17.9 Å². The molecule has 0 atom stereocenters. The maximum atomic E-state index is 12.2. The third-order valence-corrected chi connectivity index (χ3v) is 5.24. The van der Waals surface area contributed by atoms with Crippen LogP contribution in [0.1, 0.15) is 18.1 Å². The summed E-state index contributed by atoms with van der Waals surface area (Å²) in [6, 6.07) is 13.5. The van der Waals surface area contributed by atoms with Crippen LogP contribution in [-0.2, 0) is 26.0 Å². The Kier molecular flexibility index (Phi) is 7.38. The van der Waals surface area contributed by atoms with Gasteiger partial charge in [0.2, 0.25) is 10.0 Å². The average Bonchev–Trinajstić information content (AvgIpc) is 2.61. The Morgan fingerprint density at radius 1 is 1.12 bits per heavy atom. The monoisotopic (exact) mass is 393 g/mol. The third-order valence-electron chi connectivity index (χ3n) is 3.51. The summed E-state index contributed by atoms with van der Waals surface area (Å²) in [6.45, 7) is 2.37. The van der Waals surface area contributed by atoms with Crippen molar-refractivity contribution in [3.63, 3.8) is 0 Å². The minimum Gasteiger partial charge on any atom is -0.463 e. The van der Waals surface area contributed by atoms with E-state index >= 15 is 0 Å². The average molecular weight is 394 g/mol. The normalized spacial score (nSPS) is 11.6. The Bertz CT molecular complexity index is 859. The van der Waals surface area contributed by atoms with Gasteiger partial charge >= 0.3 is 5.97 Å². The van der Waals surface area contributed by atoms with Crippen LogP contribution in [0.5, 0.6) is 0 Å². The van der Waals surface area contributed by atoms with E-state index in [2.05, 4.69) is 4.72 Å². The van der Waals surface area contributed by atoms with Crippen molar-refractivity contribution in [2.24, 2.45) is 0 Å². The first-order chi connectivity index (χ1) is 12.4. The van der Waals surface area contributed by atoms with E-state index in [9.17, 15) is 13.2 Å². The molecule has 2 aromatic rings. The number of halogens is 1. The lowest BCUT2D eigenvalue weighted by molar-refractivity contribution is -0.137. The van der Waals surface area contributed by atoms with Crippen LogP contribution in [0.2, 0.25) is 5.02 Å². The van der Waals surface area contributed by atoms with Crippen molar-refractivity contribution in [2.45, 2.75) is 18.2 Å². The van der Waals surface area contributed by atoms with Gasteiger partial charge in [-0.05, 0) is 54.8 Å². The van der Waals surface area contributed by atoms with Gasteiger partial charge in [-0.1, -0.05) is 35.9 Å². The molecule has 0 spiro atoms. The molecule has 0 fully saturated rings. The second kappa shape index (κ2) is 9.52. The molecule has 26 heavy (non-hydrogen) atoms. The van der Waals surface area contributed by atoms with Crippen LogP contribution in [0, 0.1) is 0 Å². The van der Waals surface area contributed by atoms with Crippen molar-refractivity contribution < 1.29 is 17.9 Å². The topological polar surface area (TPSA) is 72.5 Å². The first-order valence-electron chi connectivity index (χ1n) is 8.10. The van der Waals surface area contributed by atoms with Crippen LogP contribution in [0.4, 0.5) is 0 Å². The summed E-state index contributed by atoms with van der Waals surface area (Å²) >= 11 is 5.77. The van der Waals surface area contributed by atoms with Crippen LogP contribution in [0.3, 0.4) is 0 Å². The largest absolute Gasteiger partial charge is 0.463 e. The molecule has 0 bridgehead atoms. The van der Waals surface area contributed by atoms with Gasteiger partial charge in [0.05, 0.1) is 11.5 Å². The molecule has 0 saturated carbocycles. The summed E-state index contributed by atoms with van der Waals surface area (Å²) < 4.78 is 31.7. The Balaban J connectivity index is 1.88. The maximum absolute atomic E-state index is 12.2. The number of nitrogens with one attached hydrogen (secondary N) is 1. The molecule has 5 nitrogen and oxygen atoms in total. The number of rotatable bonds is 8. The summed E-state index contributed by atoms with van der Waals surface area (Å²) in [5.74, 6) is -0.381. The predicted octanol–water partition coefficient (Wildman–Crippen LogP) is 3.44. The zero-order valence-corrected chi connectivity index (χ0v) is 15.9. The number of hydrogen-bond donors (Lipinski definition) is 1. The third kappa shape index (κ3) is 6.29. The zero-order chi connectivity index (χ0) is 19.0. The second-order valence-corrected chi connectivity index (χ2v) is 7.63. The summed E-state index contributed by atoms with van der Waals surface area (Å²) in [5, 5.41) is 0.487. The number of ether oxygens (including phenoxy) is 1. The highest BCUT2D eigenvalue weighted by Gasteiger charge is 2.12. The van der Waals surface area contributed by atoms with E-state index in [1.807, 2.05) is 24.3 Å². The first kappa shape index (κ1) is 20.2. The molecule has 0 aliphatic carbocycles. The molecule has 0 saturated heterocycles. The molecule has 7 heteroatoms. The smallest absolute Gasteiger partial charge is 0.330 e. The summed E-state index contributed by atoms with van der Waals surface area (Å²) in [5.41, 5.74) is 1.85. The highest BCUT2D eigenvalue weighted by atomic mass is 35.5. The van der Waals surface area contributed by atoms with Gasteiger partial charge in [0.25, 0.3) is 0 Å². The van der Waals surface area contributed by atoms with Crippen LogP contribution in [-0.4, -0.2) is 27.5 Å². The van der Waals surface area contributed by atoms with Crippen molar-refractivity contribution in [2.75, 3.05) is 13.2 Å². The van der Waals surface area contributed by atoms with Crippen molar-refractivity contribution in [3.05, 3.63) is 70.8 Å². The number of hydrogen-bond acceptors (Lipinski definition) is 4. The molecule has 2 rings (SSSR count). The van der Waals surface area contributed by atoms with Crippen molar-refractivity contribution >= 4 is 33.7 Å². The second-order valence-electron chi connectivity index (χ2n) is 5.43. The van der Waals surface area contributed by atoms with Crippen LogP contribution in [0.15, 0.2) is 59.5 Å². The Morgan fingerprint density at radius 2 is 1.77 bits per heavy atom. The maximum Gasteiger partial charge on any atom is 0.330 e. The minimum absolute atomic E-state index is 0.182. The van der Waals surface area contributed by atoms with Crippen molar-refractivity contribution in [1.82, 2.24) is 4.72 Å². The molecule has 0 heterocycles. The standard InChI is InChI=1S/C19H20ClNO4S/c1-2-25-19(22)12-7-15-3-5-16(6-4-15)13-14-21-26(23,24)18-10-8-17(20)9-11-18/h3-12,21H,2,13-14H2,1H3. The lowest BCUT2D eigenvalue weighted by Gasteiger charge is -2.07. The van der Waals surface area contributed by atoms with Gasteiger partial charge in [-0.15, -0.1) is 0 Å². The van der Waals surface area contributed by atoms with Crippen molar-refractivity contribution in [1.29, 1.82) is 0 Å². The molecule has 2 aromatic carbocycles. The molecule has 0 radical (unpaired) electrons. The van der Waals surface area contributed by atoms with Crippen molar-refractivity contribution in [3.8, 4) is 0 Å². The van der Waals surface area contributed by atoms with E-state index < -0.39 is 10.0 Å². The number of benzene rings is 2. The summed E-state index contributed by atoms with van der Waals surface area (Å²) in [4.78, 5) is 11.5. The predicted molar refractivity (Wildman–Crippen MR) is 102 cm³/mol. The SMILES string of the molecule is CCOC(=O)C=Cc1ccc(CCNS(=O)(=O)c2ccc(Cl)cc2)cc1. The Hall–Kier alpha value is -2.15. The lowest BCUT2D eigenvalue weighted by Crippen LogP contribution is -2.25. The van der Waals surface area contributed by atoms with Gasteiger partial charge in [0.15, 0.2) is 0 Å². The highest BCUT2D eigenvalue weighted by Crippen LogP contribution is 2.14. The molecule has 0 aliphatic heterocycles. The lowest BCUT2D eigenvalue weighted by atomic mass is 10.1. The zero-order valence-electron chi connectivity index (χ0n) is 14.3. The number of carbonyl (C=O) groups excluding carboxylic acids is 1. The van der Waals surface area contributed by atoms with Gasteiger partial charge in [-0.3, -0.25) is 0 Å².